The van der Waals surface area contributed by atoms with Crippen LogP contribution >= 0.6 is 11.3 Å². The molecule has 102 valence electrons. The molecule has 2 rings (SSSR count). The second-order valence-electron chi connectivity index (χ2n) is 4.75. The number of ether oxygens (including phenoxy) is 1. The molecule has 1 aromatic rings. The maximum atomic E-state index is 5.79. The Kier molecular flexibility index (Phi) is 4.97. The molecule has 2 N–H and O–H groups in total. The monoisotopic (exact) mass is 269 g/mol. The maximum Gasteiger partial charge on any atom is 0.186 e. The molecule has 0 spiro atoms. The van der Waals surface area contributed by atoms with E-state index in [0.29, 0.717) is 19.2 Å². The molecule has 0 aliphatic carbocycles. The second-order valence-corrected chi connectivity index (χ2v) is 5.82. The van der Waals surface area contributed by atoms with Crippen molar-refractivity contribution < 1.29 is 4.74 Å². The number of methoxy groups -OCH3 is 1. The first-order chi connectivity index (χ1) is 8.80. The van der Waals surface area contributed by atoms with Crippen molar-refractivity contribution in [3.63, 3.8) is 0 Å². The maximum absolute atomic E-state index is 5.79. The summed E-state index contributed by atoms with van der Waals surface area (Å²) in [5, 5.41) is 1.13. The van der Waals surface area contributed by atoms with Gasteiger partial charge in [0.2, 0.25) is 0 Å². The van der Waals surface area contributed by atoms with Crippen LogP contribution in [-0.2, 0) is 17.9 Å². The van der Waals surface area contributed by atoms with Crippen LogP contribution in [0.5, 0.6) is 0 Å². The molecule has 1 atom stereocenters. The van der Waals surface area contributed by atoms with Gasteiger partial charge in [-0.1, -0.05) is 6.92 Å². The summed E-state index contributed by atoms with van der Waals surface area (Å²) in [6.45, 7) is 4.51. The minimum absolute atomic E-state index is 0.557. The number of piperidine rings is 1. The van der Waals surface area contributed by atoms with Gasteiger partial charge in [-0.3, -0.25) is 0 Å². The predicted octanol–water partition coefficient (Wildman–Crippen LogP) is 2.52. The van der Waals surface area contributed by atoms with Crippen LogP contribution in [0.15, 0.2) is 0 Å². The summed E-state index contributed by atoms with van der Waals surface area (Å²) >= 11 is 1.73. The Labute approximate surface area is 113 Å². The normalized spacial score (nSPS) is 20.4. The molecule has 1 aromatic heterocycles. The van der Waals surface area contributed by atoms with E-state index >= 15 is 0 Å². The lowest BCUT2D eigenvalue weighted by Crippen LogP contribution is -2.39. The van der Waals surface area contributed by atoms with Gasteiger partial charge in [0.25, 0.3) is 0 Å². The van der Waals surface area contributed by atoms with Crippen LogP contribution in [0.4, 0.5) is 5.13 Å². The summed E-state index contributed by atoms with van der Waals surface area (Å²) in [4.78, 5) is 8.36. The molecule has 5 heteroatoms. The molecule has 1 unspecified atom stereocenters. The fourth-order valence-corrected chi connectivity index (χ4v) is 3.62. The first-order valence-corrected chi connectivity index (χ1v) is 7.56. The SMILES string of the molecule is CCC1CCCCN1c1nc(COC)c(CN)s1. The van der Waals surface area contributed by atoms with Gasteiger partial charge in [0.1, 0.15) is 0 Å². The molecule has 4 nitrogen and oxygen atoms in total. The van der Waals surface area contributed by atoms with Crippen LogP contribution in [0, 0.1) is 0 Å². The Hall–Kier alpha value is -0.650. The molecule has 0 bridgehead atoms. The standard InChI is InChI=1S/C13H23N3OS/c1-3-10-6-4-5-7-16(10)13-15-11(9-17-2)12(8-14)18-13/h10H,3-9,14H2,1-2H3. The van der Waals surface area contributed by atoms with Crippen LogP contribution in [0.2, 0.25) is 0 Å². The Balaban J connectivity index is 2.20. The third-order valence-corrected chi connectivity index (χ3v) is 4.73. The topological polar surface area (TPSA) is 51.4 Å². The Morgan fingerprint density at radius 3 is 3.00 bits per heavy atom. The molecule has 0 amide bonds. The van der Waals surface area contributed by atoms with Gasteiger partial charge < -0.3 is 15.4 Å². The number of nitrogens with two attached hydrogens (primary N) is 1. The minimum atomic E-state index is 0.557. The molecule has 0 radical (unpaired) electrons. The molecule has 2 heterocycles. The first-order valence-electron chi connectivity index (χ1n) is 6.74. The van der Waals surface area contributed by atoms with Crippen LogP contribution in [0.25, 0.3) is 0 Å². The van der Waals surface area contributed by atoms with E-state index in [9.17, 15) is 0 Å². The molecule has 1 saturated heterocycles. The first kappa shape index (κ1) is 13.8. The number of rotatable bonds is 5. The average molecular weight is 269 g/mol. The van der Waals surface area contributed by atoms with E-state index < -0.39 is 0 Å². The van der Waals surface area contributed by atoms with Crippen LogP contribution in [0.3, 0.4) is 0 Å². The largest absolute Gasteiger partial charge is 0.378 e. The van der Waals surface area contributed by atoms with Gasteiger partial charge in [-0.25, -0.2) is 4.98 Å². The summed E-state index contributed by atoms with van der Waals surface area (Å²) in [6.07, 6.45) is 5.09. The van der Waals surface area contributed by atoms with Crippen LogP contribution < -0.4 is 10.6 Å². The van der Waals surface area contributed by atoms with E-state index in [1.807, 2.05) is 0 Å². The summed E-state index contributed by atoms with van der Waals surface area (Å²) in [7, 11) is 1.70. The van der Waals surface area contributed by atoms with Crippen LogP contribution in [0.1, 0.15) is 43.2 Å². The second kappa shape index (κ2) is 6.50. The summed E-state index contributed by atoms with van der Waals surface area (Å²) < 4.78 is 5.19. The summed E-state index contributed by atoms with van der Waals surface area (Å²) in [6, 6.07) is 0.644. The molecule has 0 saturated carbocycles. The number of hydrogen-bond acceptors (Lipinski definition) is 5. The molecular formula is C13H23N3OS. The Morgan fingerprint density at radius 2 is 2.33 bits per heavy atom. The summed E-state index contributed by atoms with van der Waals surface area (Å²) in [5.74, 6) is 0. The zero-order chi connectivity index (χ0) is 13.0. The Morgan fingerprint density at radius 1 is 1.50 bits per heavy atom. The predicted molar refractivity (Wildman–Crippen MR) is 76.0 cm³/mol. The highest BCUT2D eigenvalue weighted by Gasteiger charge is 2.24. The smallest absolute Gasteiger partial charge is 0.186 e. The number of aromatic nitrogens is 1. The fraction of sp³-hybridized carbons (Fsp3) is 0.769. The minimum Gasteiger partial charge on any atom is -0.378 e. The Bertz CT molecular complexity index is 380. The van der Waals surface area contributed by atoms with Gasteiger partial charge in [0.15, 0.2) is 5.13 Å². The van der Waals surface area contributed by atoms with Gasteiger partial charge in [0.05, 0.1) is 12.3 Å². The van der Waals surface area contributed by atoms with Crippen molar-refractivity contribution in [1.29, 1.82) is 0 Å². The zero-order valence-corrected chi connectivity index (χ0v) is 12.1. The highest BCUT2D eigenvalue weighted by atomic mass is 32.1. The molecule has 1 aliphatic rings. The van der Waals surface area contributed by atoms with E-state index in [1.54, 1.807) is 18.4 Å². The third-order valence-electron chi connectivity index (χ3n) is 3.58. The van der Waals surface area contributed by atoms with E-state index in [-0.39, 0.29) is 0 Å². The van der Waals surface area contributed by atoms with E-state index in [1.165, 1.54) is 25.7 Å². The van der Waals surface area contributed by atoms with Crippen molar-refractivity contribution in [2.24, 2.45) is 5.73 Å². The number of nitrogens with zero attached hydrogens (tertiary/aromatic N) is 2. The molecule has 0 aromatic carbocycles. The lowest BCUT2D eigenvalue weighted by atomic mass is 10.0. The molecular weight excluding hydrogens is 246 g/mol. The van der Waals surface area contributed by atoms with Crippen molar-refractivity contribution in [3.8, 4) is 0 Å². The lowest BCUT2D eigenvalue weighted by molar-refractivity contribution is 0.181. The number of anilines is 1. The van der Waals surface area contributed by atoms with Crippen molar-refractivity contribution >= 4 is 16.5 Å². The molecule has 1 fully saturated rings. The van der Waals surface area contributed by atoms with E-state index in [0.717, 1.165) is 22.2 Å². The third kappa shape index (κ3) is 2.84. The number of thiazole rings is 1. The zero-order valence-electron chi connectivity index (χ0n) is 11.3. The summed E-state index contributed by atoms with van der Waals surface area (Å²) in [5.41, 5.74) is 6.80. The highest BCUT2D eigenvalue weighted by molar-refractivity contribution is 7.15. The van der Waals surface area contributed by atoms with Gasteiger partial charge in [-0.2, -0.15) is 0 Å². The van der Waals surface area contributed by atoms with Crippen LogP contribution in [-0.4, -0.2) is 24.7 Å². The average Bonchev–Trinajstić information content (AvgIpc) is 2.82. The molecule has 18 heavy (non-hydrogen) atoms. The molecule has 1 aliphatic heterocycles. The van der Waals surface area contributed by atoms with Crippen molar-refractivity contribution in [3.05, 3.63) is 10.6 Å². The number of hydrogen-bond donors (Lipinski definition) is 1. The van der Waals surface area contributed by atoms with Gasteiger partial charge >= 0.3 is 0 Å². The van der Waals surface area contributed by atoms with Crippen molar-refractivity contribution in [2.45, 2.75) is 51.8 Å². The van der Waals surface area contributed by atoms with E-state index in [4.69, 9.17) is 15.5 Å². The van der Waals surface area contributed by atoms with E-state index in [2.05, 4.69) is 11.8 Å². The highest BCUT2D eigenvalue weighted by Crippen LogP contribution is 2.32. The van der Waals surface area contributed by atoms with Crippen molar-refractivity contribution in [2.75, 3.05) is 18.6 Å². The van der Waals surface area contributed by atoms with Crippen molar-refractivity contribution in [1.82, 2.24) is 4.98 Å². The van der Waals surface area contributed by atoms with Gasteiger partial charge in [0, 0.05) is 31.1 Å². The van der Waals surface area contributed by atoms with Gasteiger partial charge in [-0.05, 0) is 25.7 Å². The quantitative estimate of drug-likeness (QED) is 0.892. The fourth-order valence-electron chi connectivity index (χ4n) is 2.58. The lowest BCUT2D eigenvalue weighted by Gasteiger charge is -2.35. The van der Waals surface area contributed by atoms with Gasteiger partial charge in [-0.15, -0.1) is 11.3 Å².